The van der Waals surface area contributed by atoms with Crippen molar-refractivity contribution in [1.29, 1.82) is 5.26 Å². The zero-order valence-electron chi connectivity index (χ0n) is 10.8. The summed E-state index contributed by atoms with van der Waals surface area (Å²) in [5.41, 5.74) is 0.229. The number of aromatic amines is 1. The second kappa shape index (κ2) is 6.13. The Kier molecular flexibility index (Phi) is 4.26. The van der Waals surface area contributed by atoms with Crippen LogP contribution in [-0.2, 0) is 11.0 Å². The van der Waals surface area contributed by atoms with E-state index in [1.54, 1.807) is 17.2 Å². The lowest BCUT2D eigenvalue weighted by Gasteiger charge is -2.06. The standard InChI is InChI=1S/C12H8F3N5O2/c13-12(14,15)10-18-11(20-19-10)17-9(21)6-22-8-4-2-1-3-7(8)5-16/h1-4H,6H2,(H2,17,18,19,20,21). The molecule has 0 unspecified atom stereocenters. The molecular weight excluding hydrogens is 303 g/mol. The highest BCUT2D eigenvalue weighted by atomic mass is 19.4. The van der Waals surface area contributed by atoms with E-state index in [9.17, 15) is 18.0 Å². The fourth-order valence-corrected chi connectivity index (χ4v) is 1.43. The van der Waals surface area contributed by atoms with E-state index in [4.69, 9.17) is 10.00 Å². The van der Waals surface area contributed by atoms with Gasteiger partial charge in [0.15, 0.2) is 6.61 Å². The largest absolute Gasteiger partial charge is 0.482 e. The van der Waals surface area contributed by atoms with E-state index in [0.29, 0.717) is 0 Å². The smallest absolute Gasteiger partial charge is 0.451 e. The van der Waals surface area contributed by atoms with Crippen molar-refractivity contribution in [3.05, 3.63) is 35.7 Å². The van der Waals surface area contributed by atoms with Crippen molar-refractivity contribution in [3.8, 4) is 11.8 Å². The first-order valence-electron chi connectivity index (χ1n) is 5.81. The van der Waals surface area contributed by atoms with Gasteiger partial charge < -0.3 is 4.74 Å². The first-order chi connectivity index (χ1) is 10.4. The molecule has 2 N–H and O–H groups in total. The molecule has 1 aromatic heterocycles. The summed E-state index contributed by atoms with van der Waals surface area (Å²) in [6.45, 7) is -0.505. The second-order valence-electron chi connectivity index (χ2n) is 3.95. The van der Waals surface area contributed by atoms with Crippen LogP contribution < -0.4 is 10.1 Å². The van der Waals surface area contributed by atoms with E-state index >= 15 is 0 Å². The van der Waals surface area contributed by atoms with Gasteiger partial charge in [0.05, 0.1) is 5.56 Å². The van der Waals surface area contributed by atoms with Gasteiger partial charge in [-0.25, -0.2) is 0 Å². The van der Waals surface area contributed by atoms with Crippen molar-refractivity contribution in [3.63, 3.8) is 0 Å². The maximum Gasteiger partial charge on any atom is 0.451 e. The predicted molar refractivity (Wildman–Crippen MR) is 66.7 cm³/mol. The number of H-pyrrole nitrogens is 1. The summed E-state index contributed by atoms with van der Waals surface area (Å²) in [7, 11) is 0. The van der Waals surface area contributed by atoms with Crippen LogP contribution in [0, 0.1) is 11.3 Å². The van der Waals surface area contributed by atoms with E-state index < -0.39 is 30.5 Å². The lowest BCUT2D eigenvalue weighted by Crippen LogP contribution is -2.21. The number of hydrogen-bond donors (Lipinski definition) is 2. The van der Waals surface area contributed by atoms with Gasteiger partial charge in [-0.3, -0.25) is 15.2 Å². The number of aromatic nitrogens is 3. The summed E-state index contributed by atoms with van der Waals surface area (Å²) in [5.74, 6) is -2.42. The topological polar surface area (TPSA) is 104 Å². The number of nitrogens with zero attached hydrogens (tertiary/aromatic N) is 3. The predicted octanol–water partition coefficient (Wildman–Crippen LogP) is 1.71. The second-order valence-corrected chi connectivity index (χ2v) is 3.95. The molecule has 0 fully saturated rings. The Bertz CT molecular complexity index is 720. The molecule has 1 amide bonds. The first kappa shape index (κ1) is 15.3. The highest BCUT2D eigenvalue weighted by molar-refractivity contribution is 5.90. The Morgan fingerprint density at radius 2 is 2.14 bits per heavy atom. The van der Waals surface area contributed by atoms with Crippen molar-refractivity contribution >= 4 is 11.9 Å². The van der Waals surface area contributed by atoms with Crippen molar-refractivity contribution in [1.82, 2.24) is 15.2 Å². The van der Waals surface area contributed by atoms with Crippen molar-refractivity contribution in [2.75, 3.05) is 11.9 Å². The molecule has 0 aliphatic rings. The third-order valence-electron chi connectivity index (χ3n) is 2.37. The number of hydrogen-bond acceptors (Lipinski definition) is 5. The number of halogens is 3. The molecule has 114 valence electrons. The summed E-state index contributed by atoms with van der Waals surface area (Å²) in [6, 6.07) is 8.10. The van der Waals surface area contributed by atoms with Gasteiger partial charge in [0.2, 0.25) is 11.8 Å². The van der Waals surface area contributed by atoms with Gasteiger partial charge in [0.1, 0.15) is 11.8 Å². The lowest BCUT2D eigenvalue weighted by atomic mass is 10.2. The Morgan fingerprint density at radius 3 is 2.77 bits per heavy atom. The Hall–Kier alpha value is -3.09. The number of para-hydroxylation sites is 1. The fourth-order valence-electron chi connectivity index (χ4n) is 1.43. The van der Waals surface area contributed by atoms with Crippen molar-refractivity contribution in [2.45, 2.75) is 6.18 Å². The molecule has 7 nitrogen and oxygen atoms in total. The molecule has 2 rings (SSSR count). The van der Waals surface area contributed by atoms with E-state index in [1.165, 1.54) is 12.1 Å². The van der Waals surface area contributed by atoms with Crippen LogP contribution in [0.3, 0.4) is 0 Å². The molecule has 2 aromatic rings. The molecule has 0 saturated carbocycles. The molecule has 0 radical (unpaired) electrons. The molecule has 0 atom stereocenters. The maximum absolute atomic E-state index is 12.3. The molecule has 22 heavy (non-hydrogen) atoms. The number of alkyl halides is 3. The number of nitrogens with one attached hydrogen (secondary N) is 2. The van der Waals surface area contributed by atoms with Crippen LogP contribution in [-0.4, -0.2) is 27.7 Å². The summed E-state index contributed by atoms with van der Waals surface area (Å²) in [5, 5.41) is 15.8. The fraction of sp³-hybridized carbons (Fsp3) is 0.167. The monoisotopic (exact) mass is 311 g/mol. The molecule has 0 saturated heterocycles. The molecule has 0 bridgehead atoms. The van der Waals surface area contributed by atoms with Gasteiger partial charge in [-0.05, 0) is 12.1 Å². The average molecular weight is 311 g/mol. The van der Waals surface area contributed by atoms with Crippen LogP contribution >= 0.6 is 0 Å². The van der Waals surface area contributed by atoms with Gasteiger partial charge in [-0.15, -0.1) is 5.10 Å². The minimum Gasteiger partial charge on any atom is -0.482 e. The van der Waals surface area contributed by atoms with Gasteiger partial charge in [0, 0.05) is 0 Å². The van der Waals surface area contributed by atoms with Gasteiger partial charge in [-0.1, -0.05) is 12.1 Å². The summed E-state index contributed by atoms with van der Waals surface area (Å²) in [4.78, 5) is 14.6. The number of carbonyl (C=O) groups is 1. The SMILES string of the molecule is N#Cc1ccccc1OCC(=O)Nc1n[nH]c(C(F)(F)F)n1. The average Bonchev–Trinajstić information content (AvgIpc) is 2.94. The number of amides is 1. The molecule has 1 aromatic carbocycles. The van der Waals surface area contributed by atoms with Crippen LogP contribution in [0.2, 0.25) is 0 Å². The summed E-state index contributed by atoms with van der Waals surface area (Å²) < 4.78 is 42.0. The van der Waals surface area contributed by atoms with Crippen LogP contribution in [0.1, 0.15) is 11.4 Å². The highest BCUT2D eigenvalue weighted by Gasteiger charge is 2.35. The molecule has 0 aliphatic heterocycles. The van der Waals surface area contributed by atoms with Crippen LogP contribution in [0.15, 0.2) is 24.3 Å². The molecular formula is C12H8F3N5O2. The Balaban J connectivity index is 1.94. The Morgan fingerprint density at radius 1 is 1.41 bits per heavy atom. The van der Waals surface area contributed by atoms with E-state index in [2.05, 4.69) is 10.1 Å². The molecule has 0 spiro atoms. The first-order valence-corrected chi connectivity index (χ1v) is 5.81. The quantitative estimate of drug-likeness (QED) is 0.894. The normalized spacial score (nSPS) is 10.8. The third kappa shape index (κ3) is 3.72. The number of nitriles is 1. The molecule has 1 heterocycles. The van der Waals surface area contributed by atoms with Crippen LogP contribution in [0.4, 0.5) is 19.1 Å². The van der Waals surface area contributed by atoms with E-state index in [1.807, 2.05) is 11.4 Å². The lowest BCUT2D eigenvalue weighted by molar-refractivity contribution is -0.144. The molecule has 0 aliphatic carbocycles. The van der Waals surface area contributed by atoms with Gasteiger partial charge in [0.25, 0.3) is 5.91 Å². The number of carbonyl (C=O) groups excluding carboxylic acids is 1. The number of anilines is 1. The van der Waals surface area contributed by atoms with Crippen molar-refractivity contribution in [2.24, 2.45) is 0 Å². The third-order valence-corrected chi connectivity index (χ3v) is 2.37. The van der Waals surface area contributed by atoms with E-state index in [-0.39, 0.29) is 11.3 Å². The molecule has 10 heteroatoms. The number of rotatable bonds is 4. The summed E-state index contributed by atoms with van der Waals surface area (Å²) >= 11 is 0. The minimum atomic E-state index is -4.68. The zero-order chi connectivity index (χ0) is 16.2. The van der Waals surface area contributed by atoms with Gasteiger partial charge >= 0.3 is 6.18 Å². The number of ether oxygens (including phenoxy) is 1. The summed E-state index contributed by atoms with van der Waals surface area (Å²) in [6.07, 6.45) is -4.68. The van der Waals surface area contributed by atoms with Gasteiger partial charge in [-0.2, -0.15) is 23.4 Å². The maximum atomic E-state index is 12.3. The van der Waals surface area contributed by atoms with Crippen LogP contribution in [0.5, 0.6) is 5.75 Å². The zero-order valence-corrected chi connectivity index (χ0v) is 10.8. The highest BCUT2D eigenvalue weighted by Crippen LogP contribution is 2.26. The Labute approximate surface area is 121 Å². The minimum absolute atomic E-state index is 0.186. The number of benzene rings is 1. The van der Waals surface area contributed by atoms with Crippen LogP contribution in [0.25, 0.3) is 0 Å². The van der Waals surface area contributed by atoms with E-state index in [0.717, 1.165) is 0 Å². The van der Waals surface area contributed by atoms with Crippen molar-refractivity contribution < 1.29 is 22.7 Å².